The number of halogens is 1. The van der Waals surface area contributed by atoms with Gasteiger partial charge in [0.25, 0.3) is 0 Å². The summed E-state index contributed by atoms with van der Waals surface area (Å²) in [6.07, 6.45) is 0.964. The number of rotatable bonds is 5. The highest BCUT2D eigenvalue weighted by molar-refractivity contribution is 6.32. The lowest BCUT2D eigenvalue weighted by Crippen LogP contribution is -2.32. The van der Waals surface area contributed by atoms with Crippen LogP contribution in [0.1, 0.15) is 6.42 Å². The molecule has 0 amide bonds. The Kier molecular flexibility index (Phi) is 5.05. The van der Waals surface area contributed by atoms with Crippen molar-refractivity contribution in [3.63, 3.8) is 0 Å². The van der Waals surface area contributed by atoms with E-state index in [-0.39, 0.29) is 17.8 Å². The fraction of sp³-hybridized carbons (Fsp3) is 0.500. The van der Waals surface area contributed by atoms with Crippen molar-refractivity contribution in [2.45, 2.75) is 6.42 Å². The van der Waals surface area contributed by atoms with Crippen LogP contribution in [0.2, 0.25) is 5.02 Å². The number of benzene rings is 1. The van der Waals surface area contributed by atoms with Crippen molar-refractivity contribution >= 4 is 17.6 Å². The van der Waals surface area contributed by atoms with E-state index in [1.165, 1.54) is 7.11 Å². The lowest BCUT2D eigenvalue weighted by atomic mass is 9.92. The number of methoxy groups -OCH3 is 1. The Morgan fingerprint density at radius 2 is 2.32 bits per heavy atom. The summed E-state index contributed by atoms with van der Waals surface area (Å²) in [5, 5.41) is 3.80. The highest BCUT2D eigenvalue weighted by Crippen LogP contribution is 2.26. The van der Waals surface area contributed by atoms with Gasteiger partial charge in [-0.1, -0.05) is 23.7 Å². The van der Waals surface area contributed by atoms with Gasteiger partial charge in [-0.25, -0.2) is 0 Å². The van der Waals surface area contributed by atoms with Crippen molar-refractivity contribution in [3.8, 4) is 5.75 Å². The Hall–Kier alpha value is -1.26. The Bertz CT molecular complexity index is 432. The fourth-order valence-electron chi connectivity index (χ4n) is 2.31. The van der Waals surface area contributed by atoms with Crippen molar-refractivity contribution < 1.29 is 14.3 Å². The van der Waals surface area contributed by atoms with Crippen LogP contribution in [0.3, 0.4) is 0 Å². The van der Waals surface area contributed by atoms with E-state index < -0.39 is 0 Å². The number of carbonyl (C=O) groups is 1. The molecule has 4 nitrogen and oxygen atoms in total. The molecule has 1 saturated heterocycles. The Morgan fingerprint density at radius 3 is 2.95 bits per heavy atom. The zero-order valence-electron chi connectivity index (χ0n) is 10.9. The molecule has 2 rings (SSSR count). The lowest BCUT2D eigenvalue weighted by molar-refractivity contribution is -0.148. The average molecular weight is 284 g/mol. The molecular formula is C14H18ClNO3. The molecule has 2 unspecified atom stereocenters. The van der Waals surface area contributed by atoms with Crippen LogP contribution in [0.4, 0.5) is 0 Å². The van der Waals surface area contributed by atoms with Crippen molar-refractivity contribution in [2.75, 3.05) is 26.8 Å². The minimum absolute atomic E-state index is 0.222. The highest BCUT2D eigenvalue weighted by atomic mass is 35.5. The molecule has 0 spiro atoms. The molecule has 1 aromatic rings. The monoisotopic (exact) mass is 283 g/mol. The third-order valence-corrected chi connectivity index (χ3v) is 3.74. The van der Waals surface area contributed by atoms with Crippen molar-refractivity contribution in [1.82, 2.24) is 5.32 Å². The maximum atomic E-state index is 11.8. The van der Waals surface area contributed by atoms with E-state index in [0.29, 0.717) is 17.4 Å². The molecule has 1 fully saturated rings. The van der Waals surface area contributed by atoms with Gasteiger partial charge in [-0.15, -0.1) is 0 Å². The standard InChI is InChI=1S/C14H18ClNO3/c1-18-14(17)11(10-6-7-16-8-10)9-19-13-5-3-2-4-12(13)15/h2-5,10-11,16H,6-9H2,1H3. The predicted octanol–water partition coefficient (Wildman–Crippen LogP) is 2.12. The van der Waals surface area contributed by atoms with Gasteiger partial charge in [0.05, 0.1) is 18.1 Å². The smallest absolute Gasteiger partial charge is 0.312 e. The first-order valence-corrected chi connectivity index (χ1v) is 6.76. The van der Waals surface area contributed by atoms with Gasteiger partial charge in [0.15, 0.2) is 0 Å². The molecule has 5 heteroatoms. The number of para-hydroxylation sites is 1. The van der Waals surface area contributed by atoms with Gasteiger partial charge in [-0.3, -0.25) is 4.79 Å². The van der Waals surface area contributed by atoms with Crippen molar-refractivity contribution in [2.24, 2.45) is 11.8 Å². The summed E-state index contributed by atoms with van der Waals surface area (Å²) in [6, 6.07) is 7.25. The molecule has 2 atom stereocenters. The molecule has 0 saturated carbocycles. The van der Waals surface area contributed by atoms with Crippen LogP contribution in [-0.4, -0.2) is 32.8 Å². The Balaban J connectivity index is 2.00. The van der Waals surface area contributed by atoms with E-state index in [2.05, 4.69) is 5.32 Å². The predicted molar refractivity (Wildman–Crippen MR) is 73.4 cm³/mol. The Labute approximate surface area is 118 Å². The van der Waals surface area contributed by atoms with Crippen LogP contribution in [0, 0.1) is 11.8 Å². The largest absolute Gasteiger partial charge is 0.491 e. The maximum absolute atomic E-state index is 11.8. The normalized spacial score (nSPS) is 20.0. The second-order valence-electron chi connectivity index (χ2n) is 4.62. The third kappa shape index (κ3) is 3.61. The Morgan fingerprint density at radius 1 is 1.53 bits per heavy atom. The number of esters is 1. The van der Waals surface area contributed by atoms with Crippen LogP contribution >= 0.6 is 11.6 Å². The molecule has 0 aromatic heterocycles. The molecule has 19 heavy (non-hydrogen) atoms. The van der Waals surface area contributed by atoms with Gasteiger partial charge in [-0.05, 0) is 37.6 Å². The minimum Gasteiger partial charge on any atom is -0.491 e. The minimum atomic E-state index is -0.253. The summed E-state index contributed by atoms with van der Waals surface area (Å²) in [5.74, 6) is 0.385. The van der Waals surface area contributed by atoms with Crippen LogP contribution in [0.5, 0.6) is 5.75 Å². The van der Waals surface area contributed by atoms with E-state index in [0.717, 1.165) is 19.5 Å². The molecule has 0 bridgehead atoms. The van der Waals surface area contributed by atoms with Crippen LogP contribution in [-0.2, 0) is 9.53 Å². The van der Waals surface area contributed by atoms with Gasteiger partial charge >= 0.3 is 5.97 Å². The maximum Gasteiger partial charge on any atom is 0.312 e. The van der Waals surface area contributed by atoms with E-state index in [4.69, 9.17) is 21.1 Å². The molecule has 0 aliphatic carbocycles. The second kappa shape index (κ2) is 6.78. The summed E-state index contributed by atoms with van der Waals surface area (Å²) in [7, 11) is 1.41. The number of ether oxygens (including phenoxy) is 2. The number of carbonyl (C=O) groups excluding carboxylic acids is 1. The highest BCUT2D eigenvalue weighted by Gasteiger charge is 2.32. The molecule has 1 aromatic carbocycles. The average Bonchev–Trinajstić information content (AvgIpc) is 2.94. The molecule has 0 radical (unpaired) electrons. The number of nitrogens with one attached hydrogen (secondary N) is 1. The molecule has 1 N–H and O–H groups in total. The van der Waals surface area contributed by atoms with E-state index in [1.54, 1.807) is 12.1 Å². The summed E-state index contributed by atoms with van der Waals surface area (Å²) in [4.78, 5) is 11.8. The fourth-order valence-corrected chi connectivity index (χ4v) is 2.50. The zero-order chi connectivity index (χ0) is 13.7. The zero-order valence-corrected chi connectivity index (χ0v) is 11.7. The van der Waals surface area contributed by atoms with Gasteiger partial charge < -0.3 is 14.8 Å². The first kappa shape index (κ1) is 14.2. The van der Waals surface area contributed by atoms with Crippen LogP contribution < -0.4 is 10.1 Å². The SMILES string of the molecule is COC(=O)C(COc1ccccc1Cl)C1CCNC1. The molecule has 1 aliphatic rings. The topological polar surface area (TPSA) is 47.6 Å². The van der Waals surface area contributed by atoms with Gasteiger partial charge in [0.2, 0.25) is 0 Å². The van der Waals surface area contributed by atoms with E-state index in [9.17, 15) is 4.79 Å². The summed E-state index contributed by atoms with van der Waals surface area (Å²) >= 11 is 6.03. The quantitative estimate of drug-likeness (QED) is 0.841. The lowest BCUT2D eigenvalue weighted by Gasteiger charge is -2.21. The first-order chi connectivity index (χ1) is 9.22. The molecule has 104 valence electrons. The molecular weight excluding hydrogens is 266 g/mol. The number of hydrogen-bond donors (Lipinski definition) is 1. The first-order valence-electron chi connectivity index (χ1n) is 6.38. The van der Waals surface area contributed by atoms with Gasteiger partial charge in [0, 0.05) is 0 Å². The van der Waals surface area contributed by atoms with Crippen molar-refractivity contribution in [1.29, 1.82) is 0 Å². The third-order valence-electron chi connectivity index (χ3n) is 3.43. The van der Waals surface area contributed by atoms with Gasteiger partial charge in [-0.2, -0.15) is 0 Å². The summed E-state index contributed by atoms with van der Waals surface area (Å²) in [5.41, 5.74) is 0. The van der Waals surface area contributed by atoms with E-state index >= 15 is 0 Å². The van der Waals surface area contributed by atoms with E-state index in [1.807, 2.05) is 12.1 Å². The molecule has 1 heterocycles. The van der Waals surface area contributed by atoms with Crippen molar-refractivity contribution in [3.05, 3.63) is 29.3 Å². The summed E-state index contributed by atoms with van der Waals surface area (Å²) in [6.45, 7) is 2.05. The van der Waals surface area contributed by atoms with Crippen LogP contribution in [0.15, 0.2) is 24.3 Å². The number of hydrogen-bond acceptors (Lipinski definition) is 4. The van der Waals surface area contributed by atoms with Crippen LogP contribution in [0.25, 0.3) is 0 Å². The molecule has 1 aliphatic heterocycles. The second-order valence-corrected chi connectivity index (χ2v) is 5.03. The van der Waals surface area contributed by atoms with Gasteiger partial charge in [0.1, 0.15) is 12.4 Å². The summed E-state index contributed by atoms with van der Waals surface area (Å²) < 4.78 is 10.5.